The molecule has 2 rings (SSSR count). The molecule has 0 aliphatic carbocycles. The maximum atomic E-state index is 5.48. The van der Waals surface area contributed by atoms with Crippen molar-refractivity contribution in [1.82, 2.24) is 0 Å². The van der Waals surface area contributed by atoms with Crippen molar-refractivity contribution in [2.75, 3.05) is 5.32 Å². The Morgan fingerprint density at radius 2 is 2.17 bits per heavy atom. The van der Waals surface area contributed by atoms with Gasteiger partial charge in [0.15, 0.2) is 0 Å². The molecule has 0 amide bonds. The number of allylic oxidation sites excluding steroid dienone is 5. The molecule has 2 heteroatoms. The second-order valence-electron chi connectivity index (χ2n) is 4.04. The average Bonchev–Trinajstić information content (AvgIpc) is 2.67. The quantitative estimate of drug-likeness (QED) is 0.601. The second kappa shape index (κ2) is 5.45. The van der Waals surface area contributed by atoms with E-state index in [4.69, 9.17) is 6.58 Å². The van der Waals surface area contributed by atoms with Gasteiger partial charge in [-0.2, -0.15) is 0 Å². The fourth-order valence-corrected chi connectivity index (χ4v) is 3.22. The average molecular weight is 404 g/mol. The topological polar surface area (TPSA) is 12.0 Å². The molecule has 0 saturated heterocycles. The van der Waals surface area contributed by atoms with Gasteiger partial charge in [-0.3, -0.25) is 0 Å². The van der Waals surface area contributed by atoms with Crippen molar-refractivity contribution in [3.63, 3.8) is 0 Å². The zero-order valence-electron chi connectivity index (χ0n) is 10.2. The first-order valence-corrected chi connectivity index (χ1v) is 7.15. The molecule has 1 aromatic rings. The third-order valence-corrected chi connectivity index (χ3v) is 4.39. The van der Waals surface area contributed by atoms with Gasteiger partial charge in [-0.1, -0.05) is 0 Å². The summed E-state index contributed by atoms with van der Waals surface area (Å²) in [5.74, 6) is 0. The Hall–Kier alpha value is -1.46. The number of hydrogen-bond acceptors (Lipinski definition) is 1. The maximum absolute atomic E-state index is 5.48. The van der Waals surface area contributed by atoms with Crippen molar-refractivity contribution < 1.29 is 19.4 Å². The van der Waals surface area contributed by atoms with Crippen LogP contribution in [0.5, 0.6) is 0 Å². The molecule has 0 fully saturated rings. The van der Waals surface area contributed by atoms with Crippen molar-refractivity contribution in [1.29, 1.82) is 0 Å². The summed E-state index contributed by atoms with van der Waals surface area (Å²) in [7, 11) is 0. The van der Waals surface area contributed by atoms with Gasteiger partial charge in [0.25, 0.3) is 0 Å². The molecule has 0 spiro atoms. The number of benzene rings is 1. The number of fused-ring (bicyclic) bond motifs is 1. The van der Waals surface area contributed by atoms with Crippen molar-refractivity contribution in [2.45, 2.75) is 6.92 Å². The molecule has 1 aliphatic heterocycles. The third-order valence-electron chi connectivity index (χ3n) is 2.87. The summed E-state index contributed by atoms with van der Waals surface area (Å²) in [6.07, 6.45) is 9.37. The predicted molar refractivity (Wildman–Crippen MR) is 75.1 cm³/mol. The van der Waals surface area contributed by atoms with Gasteiger partial charge in [0.1, 0.15) is 0 Å². The van der Waals surface area contributed by atoms with Gasteiger partial charge < -0.3 is 0 Å². The monoisotopic (exact) mass is 404 g/mol. The first-order valence-electron chi connectivity index (χ1n) is 5.68. The van der Waals surface area contributed by atoms with E-state index in [9.17, 15) is 0 Å². The molecule has 1 aliphatic rings. The van der Waals surface area contributed by atoms with Gasteiger partial charge in [-0.05, 0) is 0 Å². The molecule has 1 N–H and O–H groups in total. The molecule has 1 heterocycles. The van der Waals surface area contributed by atoms with Crippen molar-refractivity contribution in [3.05, 3.63) is 72.0 Å². The number of rotatable bonds is 3. The first kappa shape index (κ1) is 13.0. The fourth-order valence-electron chi connectivity index (χ4n) is 2.00. The normalized spacial score (nSPS) is 15.8. The van der Waals surface area contributed by atoms with Crippen molar-refractivity contribution >= 4 is 15.7 Å². The summed E-state index contributed by atoms with van der Waals surface area (Å²) in [4.78, 5) is 0. The van der Waals surface area contributed by atoms with Crippen LogP contribution >= 0.6 is 0 Å². The Labute approximate surface area is 119 Å². The summed E-state index contributed by atoms with van der Waals surface area (Å²) < 4.78 is 1.30. The number of hydrogen-bond donors (Lipinski definition) is 1. The Balaban J connectivity index is 2.61. The minimum absolute atomic E-state index is 1.10. The van der Waals surface area contributed by atoms with Crippen LogP contribution in [-0.2, 0) is 19.4 Å². The van der Waals surface area contributed by atoms with Crippen LogP contribution in [0.25, 0.3) is 6.08 Å². The molecular weight excluding hydrogens is 390 g/mol. The van der Waals surface area contributed by atoms with Gasteiger partial charge in [0, 0.05) is 0 Å². The summed E-state index contributed by atoms with van der Waals surface area (Å²) in [5, 5.41) is 3.40. The van der Waals surface area contributed by atoms with Gasteiger partial charge in [0.05, 0.1) is 0 Å². The van der Waals surface area contributed by atoms with Crippen LogP contribution in [-0.4, -0.2) is 3.90 Å². The molecule has 0 bridgehead atoms. The predicted octanol–water partition coefficient (Wildman–Crippen LogP) is 3.56. The van der Waals surface area contributed by atoms with Crippen LogP contribution in [0.4, 0.5) is 5.69 Å². The third kappa shape index (κ3) is 2.23. The van der Waals surface area contributed by atoms with Crippen LogP contribution < -0.4 is 5.32 Å². The standard InChI is InChI=1S/C16H14N.W/c1-4-6-8-14-12(3)9-10-16-15(14)11-13(17-16)7-5-2;/h2,4-10,17H,1H2,3H3;/q-1;/b8-6-,13-7+;. The minimum atomic E-state index is 1.10. The SMILES string of the molecule is [CH-]=C/C=C1/Nc2ccc(C)c(/C=C\C=C)c2[C]1=[W]. The van der Waals surface area contributed by atoms with Gasteiger partial charge >= 0.3 is 119 Å². The first-order chi connectivity index (χ1) is 8.69. The molecule has 18 heavy (non-hydrogen) atoms. The molecule has 1 aromatic carbocycles. The summed E-state index contributed by atoms with van der Waals surface area (Å²) in [6.45, 7) is 11.3. The second-order valence-corrected chi connectivity index (χ2v) is 5.51. The fraction of sp³-hybridized carbons (Fsp3) is 0.0625. The molecule has 0 aromatic heterocycles. The summed E-state index contributed by atoms with van der Waals surface area (Å²) in [6, 6.07) is 4.25. The zero-order valence-corrected chi connectivity index (χ0v) is 13.2. The Kier molecular flexibility index (Phi) is 3.93. The van der Waals surface area contributed by atoms with E-state index in [2.05, 4.69) is 37.0 Å². The van der Waals surface area contributed by atoms with Crippen LogP contribution in [0, 0.1) is 13.5 Å². The molecule has 0 radical (unpaired) electrons. The molecule has 0 saturated carbocycles. The van der Waals surface area contributed by atoms with E-state index in [1.165, 1.54) is 39.9 Å². The van der Waals surface area contributed by atoms with Gasteiger partial charge in [-0.25, -0.2) is 0 Å². The Morgan fingerprint density at radius 1 is 1.39 bits per heavy atom. The summed E-state index contributed by atoms with van der Waals surface area (Å²) in [5.41, 5.74) is 6.07. The van der Waals surface area contributed by atoms with Crippen molar-refractivity contribution in [3.8, 4) is 0 Å². The van der Waals surface area contributed by atoms with E-state index in [1.54, 1.807) is 12.2 Å². The van der Waals surface area contributed by atoms with Gasteiger partial charge in [0.2, 0.25) is 0 Å². The molecule has 90 valence electrons. The molecule has 0 unspecified atom stereocenters. The zero-order chi connectivity index (χ0) is 13.1. The number of anilines is 1. The molecular formula is C16H14NW-. The summed E-state index contributed by atoms with van der Waals surface area (Å²) >= 11 is 1.43. The van der Waals surface area contributed by atoms with E-state index < -0.39 is 0 Å². The molecule has 1 nitrogen and oxygen atoms in total. The van der Waals surface area contributed by atoms with E-state index in [0.717, 1.165) is 11.4 Å². The van der Waals surface area contributed by atoms with E-state index in [-0.39, 0.29) is 0 Å². The Bertz CT molecular complexity index is 591. The van der Waals surface area contributed by atoms with E-state index in [1.807, 2.05) is 12.2 Å². The number of nitrogens with one attached hydrogen (secondary N) is 1. The number of aryl methyl sites for hydroxylation is 1. The Morgan fingerprint density at radius 3 is 2.83 bits per heavy atom. The van der Waals surface area contributed by atoms with E-state index >= 15 is 0 Å². The molecule has 0 atom stereocenters. The van der Waals surface area contributed by atoms with E-state index in [0.29, 0.717) is 0 Å². The van der Waals surface area contributed by atoms with Gasteiger partial charge in [-0.15, -0.1) is 0 Å². The van der Waals surface area contributed by atoms with Crippen molar-refractivity contribution in [2.24, 2.45) is 0 Å². The van der Waals surface area contributed by atoms with Crippen LogP contribution in [0.1, 0.15) is 16.7 Å². The van der Waals surface area contributed by atoms with Crippen LogP contribution in [0.3, 0.4) is 0 Å². The van der Waals surface area contributed by atoms with Crippen LogP contribution in [0.2, 0.25) is 0 Å². The van der Waals surface area contributed by atoms with Crippen LogP contribution in [0.15, 0.2) is 48.7 Å².